The second kappa shape index (κ2) is 8.81. The smallest absolute Gasteiger partial charge is 0.321 e. The molecule has 140 valence electrons. The third kappa shape index (κ3) is 4.54. The number of nitrogens with zero attached hydrogens (tertiary/aromatic N) is 2. The number of rotatable bonds is 6. The molecule has 3 rings (SSSR count). The number of amides is 3. The first-order valence-electron chi connectivity index (χ1n) is 9.04. The van der Waals surface area contributed by atoms with Crippen molar-refractivity contribution in [2.24, 2.45) is 5.92 Å². The van der Waals surface area contributed by atoms with Crippen LogP contribution >= 0.6 is 23.1 Å². The van der Waals surface area contributed by atoms with Crippen molar-refractivity contribution in [3.05, 3.63) is 16.8 Å². The van der Waals surface area contributed by atoms with Crippen LogP contribution in [0, 0.1) is 5.92 Å². The Labute approximate surface area is 161 Å². The average molecular weight is 393 g/mol. The Morgan fingerprint density at radius 3 is 3.04 bits per heavy atom. The van der Waals surface area contributed by atoms with Gasteiger partial charge in [-0.25, -0.2) is 14.8 Å². The van der Waals surface area contributed by atoms with E-state index in [-0.39, 0.29) is 11.7 Å². The molecule has 2 aromatic heterocycles. The molecule has 1 atom stereocenters. The van der Waals surface area contributed by atoms with Crippen molar-refractivity contribution in [1.82, 2.24) is 20.6 Å². The molecule has 6 nitrogen and oxygen atoms in total. The van der Waals surface area contributed by atoms with E-state index in [0.29, 0.717) is 12.5 Å². The van der Waals surface area contributed by atoms with Crippen LogP contribution in [0.25, 0.3) is 10.2 Å². The van der Waals surface area contributed by atoms with Crippen molar-refractivity contribution in [1.29, 1.82) is 0 Å². The van der Waals surface area contributed by atoms with Gasteiger partial charge in [-0.05, 0) is 37.2 Å². The number of hydrogen-bond acceptors (Lipinski definition) is 6. The minimum Gasteiger partial charge on any atom is -0.338 e. The summed E-state index contributed by atoms with van der Waals surface area (Å²) in [5.74, 6) is 0.555. The third-order valence-electron chi connectivity index (χ3n) is 4.47. The molecule has 1 aliphatic carbocycles. The number of nitrogens with one attached hydrogen (secondary N) is 2. The van der Waals surface area contributed by atoms with E-state index in [2.05, 4.69) is 27.5 Å². The Hall–Kier alpha value is -1.67. The number of aromatic nitrogens is 2. The fourth-order valence-corrected chi connectivity index (χ4v) is 5.32. The number of imide groups is 1. The summed E-state index contributed by atoms with van der Waals surface area (Å²) in [6.45, 7) is 4.91. The molecule has 0 unspecified atom stereocenters. The molecule has 26 heavy (non-hydrogen) atoms. The summed E-state index contributed by atoms with van der Waals surface area (Å²) in [5.41, 5.74) is 1.35. The molecule has 2 heterocycles. The molecule has 0 fully saturated rings. The van der Waals surface area contributed by atoms with Gasteiger partial charge in [-0.3, -0.25) is 10.1 Å². The van der Waals surface area contributed by atoms with Crippen LogP contribution in [0.3, 0.4) is 0 Å². The van der Waals surface area contributed by atoms with Gasteiger partial charge in [0.15, 0.2) is 0 Å². The summed E-state index contributed by atoms with van der Waals surface area (Å²) >= 11 is 3.11. The first-order valence-corrected chi connectivity index (χ1v) is 10.8. The van der Waals surface area contributed by atoms with E-state index in [4.69, 9.17) is 0 Å². The van der Waals surface area contributed by atoms with Gasteiger partial charge in [-0.15, -0.1) is 11.3 Å². The van der Waals surface area contributed by atoms with E-state index in [1.165, 1.54) is 28.6 Å². The number of unbranched alkanes of at least 4 members (excludes halogenated alkanes) is 1. The van der Waals surface area contributed by atoms with Crippen molar-refractivity contribution in [3.8, 4) is 0 Å². The minimum absolute atomic E-state index is 0.161. The van der Waals surface area contributed by atoms with Crippen molar-refractivity contribution in [2.75, 3.05) is 12.3 Å². The number of urea groups is 1. The standard InChI is InChI=1S/C18H24N4O2S2/c1-3-4-7-19-18(24)22-14(23)9-25-16-15-12-6-5-11(2)8-13(12)26-17(15)21-10-20-16/h10-11H,3-9H2,1-2H3,(H2,19,22,23,24)/t11-/m1/s1. The van der Waals surface area contributed by atoms with Crippen LogP contribution in [0.1, 0.15) is 43.6 Å². The summed E-state index contributed by atoms with van der Waals surface area (Å²) in [4.78, 5) is 34.9. The molecule has 0 radical (unpaired) electrons. The summed E-state index contributed by atoms with van der Waals surface area (Å²) in [5, 5.41) is 6.99. The second-order valence-electron chi connectivity index (χ2n) is 6.66. The lowest BCUT2D eigenvalue weighted by Crippen LogP contribution is -2.40. The molecule has 3 amide bonds. The molecule has 8 heteroatoms. The Morgan fingerprint density at radius 1 is 1.38 bits per heavy atom. The van der Waals surface area contributed by atoms with Crippen LogP contribution in [0.2, 0.25) is 0 Å². The summed E-state index contributed by atoms with van der Waals surface area (Å²) in [6, 6.07) is -0.432. The molecule has 0 aromatic carbocycles. The number of thioether (sulfide) groups is 1. The highest BCUT2D eigenvalue weighted by Gasteiger charge is 2.23. The van der Waals surface area contributed by atoms with E-state index in [0.717, 1.165) is 40.9 Å². The topological polar surface area (TPSA) is 84.0 Å². The maximum absolute atomic E-state index is 12.0. The van der Waals surface area contributed by atoms with Gasteiger partial charge in [0.25, 0.3) is 0 Å². The zero-order valence-corrected chi connectivity index (χ0v) is 16.8. The summed E-state index contributed by atoms with van der Waals surface area (Å²) in [6.07, 6.45) is 6.78. The highest BCUT2D eigenvalue weighted by Crippen LogP contribution is 2.40. The Kier molecular flexibility index (Phi) is 6.48. The van der Waals surface area contributed by atoms with E-state index in [9.17, 15) is 9.59 Å². The van der Waals surface area contributed by atoms with Gasteiger partial charge in [0, 0.05) is 16.8 Å². The fourth-order valence-electron chi connectivity index (χ4n) is 3.08. The largest absolute Gasteiger partial charge is 0.338 e. The van der Waals surface area contributed by atoms with Gasteiger partial charge in [0.2, 0.25) is 5.91 Å². The number of fused-ring (bicyclic) bond motifs is 3. The number of thiophene rings is 1. The Morgan fingerprint density at radius 2 is 2.23 bits per heavy atom. The quantitative estimate of drug-likeness (QED) is 0.446. The number of carbonyl (C=O) groups excluding carboxylic acids is 2. The van der Waals surface area contributed by atoms with Crippen molar-refractivity contribution in [3.63, 3.8) is 0 Å². The van der Waals surface area contributed by atoms with Crippen molar-refractivity contribution in [2.45, 2.75) is 51.0 Å². The number of hydrogen-bond donors (Lipinski definition) is 2. The lowest BCUT2D eigenvalue weighted by molar-refractivity contribution is -0.117. The predicted molar refractivity (Wildman–Crippen MR) is 106 cm³/mol. The first kappa shape index (κ1) is 19.1. The first-order chi connectivity index (χ1) is 12.6. The predicted octanol–water partition coefficient (Wildman–Crippen LogP) is 3.53. The van der Waals surface area contributed by atoms with Crippen LogP contribution in [0.4, 0.5) is 4.79 Å². The van der Waals surface area contributed by atoms with Crippen LogP contribution in [-0.2, 0) is 17.6 Å². The zero-order valence-electron chi connectivity index (χ0n) is 15.1. The highest BCUT2D eigenvalue weighted by atomic mass is 32.2. The molecule has 1 aliphatic rings. The number of aryl methyl sites for hydroxylation is 1. The lowest BCUT2D eigenvalue weighted by atomic mass is 9.89. The van der Waals surface area contributed by atoms with Gasteiger partial charge < -0.3 is 5.32 Å². The Bertz CT molecular complexity index is 806. The van der Waals surface area contributed by atoms with Gasteiger partial charge >= 0.3 is 6.03 Å². The molecule has 2 N–H and O–H groups in total. The van der Waals surface area contributed by atoms with Crippen LogP contribution in [-0.4, -0.2) is 34.2 Å². The van der Waals surface area contributed by atoms with Gasteiger partial charge in [-0.2, -0.15) is 0 Å². The van der Waals surface area contributed by atoms with Crippen molar-refractivity contribution >= 4 is 45.3 Å². The summed E-state index contributed by atoms with van der Waals surface area (Å²) < 4.78 is 0. The van der Waals surface area contributed by atoms with Gasteiger partial charge in [0.05, 0.1) is 5.75 Å². The van der Waals surface area contributed by atoms with Crippen LogP contribution in [0.5, 0.6) is 0 Å². The zero-order chi connectivity index (χ0) is 18.5. The van der Waals surface area contributed by atoms with Gasteiger partial charge in [-0.1, -0.05) is 32.0 Å². The monoisotopic (exact) mass is 392 g/mol. The molecule has 0 saturated heterocycles. The SMILES string of the molecule is CCCCNC(=O)NC(=O)CSc1ncnc2sc3c(c12)CC[C@@H](C)C3. The number of carbonyl (C=O) groups is 2. The van der Waals surface area contributed by atoms with Crippen LogP contribution in [0.15, 0.2) is 11.4 Å². The summed E-state index contributed by atoms with van der Waals surface area (Å²) in [7, 11) is 0. The van der Waals surface area contributed by atoms with Crippen molar-refractivity contribution < 1.29 is 9.59 Å². The molecule has 0 bridgehead atoms. The van der Waals surface area contributed by atoms with Gasteiger partial charge in [0.1, 0.15) is 16.2 Å². The fraction of sp³-hybridized carbons (Fsp3) is 0.556. The normalized spacial score (nSPS) is 16.3. The highest BCUT2D eigenvalue weighted by molar-refractivity contribution is 8.00. The van der Waals surface area contributed by atoms with E-state index in [1.54, 1.807) is 17.7 Å². The third-order valence-corrected chi connectivity index (χ3v) is 6.62. The van der Waals surface area contributed by atoms with E-state index in [1.807, 2.05) is 6.92 Å². The molecule has 0 aliphatic heterocycles. The molecular weight excluding hydrogens is 368 g/mol. The molecule has 0 spiro atoms. The molecule has 2 aromatic rings. The molecule has 0 saturated carbocycles. The Balaban J connectivity index is 1.64. The maximum Gasteiger partial charge on any atom is 0.321 e. The molecular formula is C18H24N4O2S2. The average Bonchev–Trinajstić information content (AvgIpc) is 2.98. The van der Waals surface area contributed by atoms with E-state index >= 15 is 0 Å². The maximum atomic E-state index is 12.0. The van der Waals surface area contributed by atoms with E-state index < -0.39 is 6.03 Å². The minimum atomic E-state index is -0.432. The van der Waals surface area contributed by atoms with Crippen LogP contribution < -0.4 is 10.6 Å². The second-order valence-corrected chi connectivity index (χ2v) is 8.70. The lowest BCUT2D eigenvalue weighted by Gasteiger charge is -2.18.